The Hall–Kier alpha value is -1.91. The van der Waals surface area contributed by atoms with Crippen LogP contribution in [0.3, 0.4) is 0 Å². The van der Waals surface area contributed by atoms with Crippen molar-refractivity contribution >= 4 is 5.97 Å². The highest BCUT2D eigenvalue weighted by Crippen LogP contribution is 2.40. The molecule has 0 saturated heterocycles. The Labute approximate surface area is 151 Å². The summed E-state index contributed by atoms with van der Waals surface area (Å²) in [7, 11) is 4.75. The first kappa shape index (κ1) is 21.1. The molecule has 1 atom stereocenters. The van der Waals surface area contributed by atoms with Crippen LogP contribution in [0.5, 0.6) is 17.2 Å². The topological polar surface area (TPSA) is 54.0 Å². The number of methoxy groups -OCH3 is 3. The molecule has 0 N–H and O–H groups in total. The summed E-state index contributed by atoms with van der Waals surface area (Å²) in [6.45, 7) is 4.66. The molecule has 1 aromatic rings. The second-order valence-electron chi connectivity index (χ2n) is 6.03. The summed E-state index contributed by atoms with van der Waals surface area (Å²) in [5.41, 5.74) is 0.912. The standard InChI is InChI=1S/C20H32O5/c1-6-8-9-10-13-25-20(21)15(7-2)14-16-11-12-17(22-3)19(24-5)18(16)23-4/h11-12,15H,6-10,13-14H2,1-5H3. The smallest absolute Gasteiger partial charge is 0.309 e. The monoisotopic (exact) mass is 352 g/mol. The summed E-state index contributed by atoms with van der Waals surface area (Å²) in [4.78, 5) is 12.4. The van der Waals surface area contributed by atoms with E-state index in [1.807, 2.05) is 19.1 Å². The van der Waals surface area contributed by atoms with Crippen LogP contribution in [-0.2, 0) is 16.0 Å². The molecular weight excluding hydrogens is 320 g/mol. The molecule has 0 spiro atoms. The molecule has 0 bridgehead atoms. The van der Waals surface area contributed by atoms with Gasteiger partial charge in [-0.3, -0.25) is 4.79 Å². The third-order valence-electron chi connectivity index (χ3n) is 4.32. The van der Waals surface area contributed by atoms with Crippen molar-refractivity contribution < 1.29 is 23.7 Å². The van der Waals surface area contributed by atoms with E-state index in [0.717, 1.165) is 18.4 Å². The zero-order valence-corrected chi connectivity index (χ0v) is 16.2. The van der Waals surface area contributed by atoms with Crippen molar-refractivity contribution in [2.24, 2.45) is 5.92 Å². The van der Waals surface area contributed by atoms with Crippen molar-refractivity contribution in [2.75, 3.05) is 27.9 Å². The van der Waals surface area contributed by atoms with Gasteiger partial charge in [0, 0.05) is 0 Å². The number of unbranched alkanes of at least 4 members (excludes halogenated alkanes) is 3. The maximum atomic E-state index is 12.4. The first-order chi connectivity index (χ1) is 12.1. The number of carbonyl (C=O) groups is 1. The average Bonchev–Trinajstić information content (AvgIpc) is 2.64. The van der Waals surface area contributed by atoms with E-state index in [2.05, 4.69) is 6.92 Å². The fourth-order valence-corrected chi connectivity index (χ4v) is 2.80. The van der Waals surface area contributed by atoms with E-state index in [0.29, 0.717) is 36.7 Å². The normalized spacial score (nSPS) is 11.7. The van der Waals surface area contributed by atoms with E-state index >= 15 is 0 Å². The molecule has 0 aliphatic heterocycles. The minimum Gasteiger partial charge on any atom is -0.493 e. The Kier molecular flexibility index (Phi) is 9.81. The third kappa shape index (κ3) is 6.15. The Morgan fingerprint density at radius 3 is 2.24 bits per heavy atom. The van der Waals surface area contributed by atoms with Gasteiger partial charge in [0.25, 0.3) is 0 Å². The molecule has 0 radical (unpaired) electrons. The Bertz CT molecular complexity index is 527. The lowest BCUT2D eigenvalue weighted by Crippen LogP contribution is -2.20. The number of benzene rings is 1. The number of hydrogen-bond donors (Lipinski definition) is 0. The molecule has 25 heavy (non-hydrogen) atoms. The second-order valence-corrected chi connectivity index (χ2v) is 6.03. The van der Waals surface area contributed by atoms with Gasteiger partial charge in [-0.05, 0) is 30.9 Å². The molecule has 1 aromatic carbocycles. The number of esters is 1. The Balaban J connectivity index is 2.78. The van der Waals surface area contributed by atoms with Crippen LogP contribution in [-0.4, -0.2) is 33.9 Å². The first-order valence-corrected chi connectivity index (χ1v) is 9.07. The summed E-state index contributed by atoms with van der Waals surface area (Å²) < 4.78 is 21.7. The van der Waals surface area contributed by atoms with E-state index in [-0.39, 0.29) is 11.9 Å². The molecule has 5 heteroatoms. The molecule has 0 saturated carbocycles. The molecule has 1 rings (SSSR count). The van der Waals surface area contributed by atoms with Crippen LogP contribution in [0.4, 0.5) is 0 Å². The van der Waals surface area contributed by atoms with Crippen LogP contribution < -0.4 is 14.2 Å². The number of hydrogen-bond acceptors (Lipinski definition) is 5. The van der Waals surface area contributed by atoms with Crippen molar-refractivity contribution in [3.8, 4) is 17.2 Å². The number of ether oxygens (including phenoxy) is 4. The van der Waals surface area contributed by atoms with Crippen LogP contribution >= 0.6 is 0 Å². The molecular formula is C20H32O5. The zero-order valence-electron chi connectivity index (χ0n) is 16.2. The van der Waals surface area contributed by atoms with Gasteiger partial charge in [0.1, 0.15) is 0 Å². The lowest BCUT2D eigenvalue weighted by atomic mass is 9.96. The number of carbonyl (C=O) groups excluding carboxylic acids is 1. The van der Waals surface area contributed by atoms with E-state index in [1.54, 1.807) is 21.3 Å². The van der Waals surface area contributed by atoms with Crippen LogP contribution in [0.2, 0.25) is 0 Å². The lowest BCUT2D eigenvalue weighted by molar-refractivity contribution is -0.148. The second kappa shape index (κ2) is 11.6. The fourth-order valence-electron chi connectivity index (χ4n) is 2.80. The summed E-state index contributed by atoms with van der Waals surface area (Å²) >= 11 is 0. The highest BCUT2D eigenvalue weighted by molar-refractivity contribution is 5.73. The Morgan fingerprint density at radius 1 is 0.960 bits per heavy atom. The van der Waals surface area contributed by atoms with Crippen molar-refractivity contribution in [1.29, 1.82) is 0 Å². The quantitative estimate of drug-likeness (QED) is 0.412. The Morgan fingerprint density at radius 2 is 1.68 bits per heavy atom. The maximum absolute atomic E-state index is 12.4. The minimum absolute atomic E-state index is 0.143. The molecule has 0 aliphatic rings. The van der Waals surface area contributed by atoms with Crippen LogP contribution in [0, 0.1) is 5.92 Å². The summed E-state index contributed by atoms with van der Waals surface area (Å²) in [6, 6.07) is 3.75. The highest BCUT2D eigenvalue weighted by Gasteiger charge is 2.23. The van der Waals surface area contributed by atoms with Crippen molar-refractivity contribution in [3.05, 3.63) is 17.7 Å². The van der Waals surface area contributed by atoms with Gasteiger partial charge in [-0.1, -0.05) is 39.2 Å². The average molecular weight is 352 g/mol. The molecule has 0 heterocycles. The van der Waals surface area contributed by atoms with Gasteiger partial charge in [-0.2, -0.15) is 0 Å². The van der Waals surface area contributed by atoms with E-state index in [4.69, 9.17) is 18.9 Å². The SMILES string of the molecule is CCCCCCOC(=O)C(CC)Cc1ccc(OC)c(OC)c1OC. The molecule has 0 amide bonds. The van der Waals surface area contributed by atoms with Gasteiger partial charge in [0.15, 0.2) is 11.5 Å². The summed E-state index contributed by atoms with van der Waals surface area (Å²) in [5.74, 6) is 1.42. The van der Waals surface area contributed by atoms with E-state index in [1.165, 1.54) is 12.8 Å². The van der Waals surface area contributed by atoms with E-state index in [9.17, 15) is 4.79 Å². The van der Waals surface area contributed by atoms with Gasteiger partial charge in [0.2, 0.25) is 5.75 Å². The lowest BCUT2D eigenvalue weighted by Gasteiger charge is -2.19. The predicted molar refractivity (Wildman–Crippen MR) is 98.7 cm³/mol. The predicted octanol–water partition coefficient (Wildman–Crippen LogP) is 4.40. The third-order valence-corrected chi connectivity index (χ3v) is 4.32. The zero-order chi connectivity index (χ0) is 18.7. The van der Waals surface area contributed by atoms with Crippen LogP contribution in [0.1, 0.15) is 51.5 Å². The molecule has 0 aliphatic carbocycles. The van der Waals surface area contributed by atoms with Gasteiger partial charge in [-0.25, -0.2) is 0 Å². The molecule has 0 fully saturated rings. The summed E-state index contributed by atoms with van der Waals surface area (Å²) in [5, 5.41) is 0. The largest absolute Gasteiger partial charge is 0.493 e. The molecule has 1 unspecified atom stereocenters. The minimum atomic E-state index is -0.196. The van der Waals surface area contributed by atoms with Crippen molar-refractivity contribution in [3.63, 3.8) is 0 Å². The first-order valence-electron chi connectivity index (χ1n) is 9.07. The van der Waals surface area contributed by atoms with E-state index < -0.39 is 0 Å². The van der Waals surface area contributed by atoms with Gasteiger partial charge < -0.3 is 18.9 Å². The van der Waals surface area contributed by atoms with Gasteiger partial charge in [0.05, 0.1) is 33.9 Å². The molecule has 0 aromatic heterocycles. The molecule has 142 valence electrons. The number of rotatable bonds is 12. The van der Waals surface area contributed by atoms with Gasteiger partial charge >= 0.3 is 5.97 Å². The molecule has 5 nitrogen and oxygen atoms in total. The highest BCUT2D eigenvalue weighted by atomic mass is 16.5. The van der Waals surface area contributed by atoms with Crippen LogP contribution in [0.15, 0.2) is 12.1 Å². The summed E-state index contributed by atoms with van der Waals surface area (Å²) in [6.07, 6.45) is 5.64. The van der Waals surface area contributed by atoms with Crippen LogP contribution in [0.25, 0.3) is 0 Å². The van der Waals surface area contributed by atoms with Gasteiger partial charge in [-0.15, -0.1) is 0 Å². The fraction of sp³-hybridized carbons (Fsp3) is 0.650. The maximum Gasteiger partial charge on any atom is 0.309 e. The van der Waals surface area contributed by atoms with Crippen molar-refractivity contribution in [2.45, 2.75) is 52.4 Å². The van der Waals surface area contributed by atoms with Crippen molar-refractivity contribution in [1.82, 2.24) is 0 Å².